The summed E-state index contributed by atoms with van der Waals surface area (Å²) in [5.41, 5.74) is 0. The first-order valence-electron chi connectivity index (χ1n) is 7.85. The first-order chi connectivity index (χ1) is 10.1. The van der Waals surface area contributed by atoms with Crippen molar-refractivity contribution in [3.05, 3.63) is 11.7 Å². The van der Waals surface area contributed by atoms with E-state index in [1.165, 1.54) is 0 Å². The third-order valence-electron chi connectivity index (χ3n) is 4.33. The van der Waals surface area contributed by atoms with Crippen LogP contribution in [0.5, 0.6) is 0 Å². The number of carbonyl (C=O) groups excluding carboxylic acids is 1. The van der Waals surface area contributed by atoms with E-state index in [9.17, 15) is 4.79 Å². The molecule has 0 aliphatic carbocycles. The number of likely N-dealkylation sites (tertiary alicyclic amines) is 1. The van der Waals surface area contributed by atoms with E-state index < -0.39 is 0 Å². The zero-order chi connectivity index (χ0) is 14.8. The van der Waals surface area contributed by atoms with Gasteiger partial charge < -0.3 is 14.2 Å². The number of amides is 1. The van der Waals surface area contributed by atoms with Crippen LogP contribution in [-0.2, 0) is 9.53 Å². The molecule has 2 aliphatic heterocycles. The summed E-state index contributed by atoms with van der Waals surface area (Å²) in [6.45, 7) is 6.88. The summed E-state index contributed by atoms with van der Waals surface area (Å²) in [5, 5.41) is 4.10. The summed E-state index contributed by atoms with van der Waals surface area (Å²) >= 11 is 0. The molecule has 3 heterocycles. The molecule has 116 valence electrons. The van der Waals surface area contributed by atoms with Gasteiger partial charge in [-0.3, -0.25) is 4.79 Å². The Morgan fingerprint density at radius 1 is 1.38 bits per heavy atom. The SMILES string of the molecule is CC(C)c1nc([C@H]2CCCN(C(=O)[C@@H]3CCOC3)C2)no1. The molecule has 0 radical (unpaired) electrons. The molecule has 0 saturated carbocycles. The van der Waals surface area contributed by atoms with Crippen LogP contribution < -0.4 is 0 Å². The Morgan fingerprint density at radius 2 is 2.24 bits per heavy atom. The van der Waals surface area contributed by atoms with Crippen LogP contribution in [0.1, 0.15) is 56.7 Å². The predicted octanol–water partition coefficient (Wildman–Crippen LogP) is 1.94. The molecule has 1 amide bonds. The Bertz CT molecular complexity index is 494. The van der Waals surface area contributed by atoms with Crippen molar-refractivity contribution in [1.29, 1.82) is 0 Å². The fourth-order valence-corrected chi connectivity index (χ4v) is 3.02. The van der Waals surface area contributed by atoms with Crippen LogP contribution in [0.3, 0.4) is 0 Å². The molecule has 0 aromatic carbocycles. The Kier molecular flexibility index (Phi) is 4.24. The molecule has 21 heavy (non-hydrogen) atoms. The molecule has 1 aromatic heterocycles. The van der Waals surface area contributed by atoms with E-state index in [1.807, 2.05) is 18.7 Å². The minimum Gasteiger partial charge on any atom is -0.381 e. The fourth-order valence-electron chi connectivity index (χ4n) is 3.02. The Labute approximate surface area is 124 Å². The van der Waals surface area contributed by atoms with Gasteiger partial charge in [0.25, 0.3) is 0 Å². The summed E-state index contributed by atoms with van der Waals surface area (Å²) in [7, 11) is 0. The molecule has 2 atom stereocenters. The van der Waals surface area contributed by atoms with Crippen molar-refractivity contribution in [2.45, 2.75) is 44.9 Å². The van der Waals surface area contributed by atoms with Crippen LogP contribution >= 0.6 is 0 Å². The van der Waals surface area contributed by atoms with Crippen LogP contribution in [0.4, 0.5) is 0 Å². The van der Waals surface area contributed by atoms with E-state index >= 15 is 0 Å². The number of carbonyl (C=O) groups is 1. The second-order valence-electron chi connectivity index (χ2n) is 6.33. The number of aromatic nitrogens is 2. The maximum absolute atomic E-state index is 12.5. The van der Waals surface area contributed by atoms with E-state index in [-0.39, 0.29) is 23.7 Å². The molecule has 6 nitrogen and oxygen atoms in total. The fraction of sp³-hybridized carbons (Fsp3) is 0.800. The van der Waals surface area contributed by atoms with Crippen LogP contribution in [0.15, 0.2) is 4.52 Å². The molecule has 1 aromatic rings. The molecule has 2 aliphatic rings. The maximum atomic E-state index is 12.5. The molecule has 6 heteroatoms. The van der Waals surface area contributed by atoms with Crippen LogP contribution in [-0.4, -0.2) is 47.3 Å². The molecular formula is C15H23N3O3. The van der Waals surface area contributed by atoms with Gasteiger partial charge in [0, 0.05) is 31.5 Å². The number of hydrogen-bond donors (Lipinski definition) is 0. The molecule has 0 N–H and O–H groups in total. The highest BCUT2D eigenvalue weighted by atomic mass is 16.5. The number of piperidine rings is 1. The monoisotopic (exact) mass is 293 g/mol. The highest BCUT2D eigenvalue weighted by Gasteiger charge is 2.33. The van der Waals surface area contributed by atoms with Crippen molar-refractivity contribution in [1.82, 2.24) is 15.0 Å². The number of hydrogen-bond acceptors (Lipinski definition) is 5. The number of ether oxygens (including phenoxy) is 1. The summed E-state index contributed by atoms with van der Waals surface area (Å²) in [5.74, 6) is 2.13. The first-order valence-corrected chi connectivity index (χ1v) is 7.85. The lowest BCUT2D eigenvalue weighted by atomic mass is 9.95. The molecule has 0 unspecified atom stereocenters. The lowest BCUT2D eigenvalue weighted by molar-refractivity contribution is -0.136. The number of nitrogens with zero attached hydrogens (tertiary/aromatic N) is 3. The van der Waals surface area contributed by atoms with E-state index in [0.29, 0.717) is 25.6 Å². The van der Waals surface area contributed by atoms with Gasteiger partial charge in [-0.2, -0.15) is 4.98 Å². The van der Waals surface area contributed by atoms with Crippen LogP contribution in [0.2, 0.25) is 0 Å². The van der Waals surface area contributed by atoms with Gasteiger partial charge >= 0.3 is 0 Å². The van der Waals surface area contributed by atoms with Crippen molar-refractivity contribution in [3.63, 3.8) is 0 Å². The van der Waals surface area contributed by atoms with Gasteiger partial charge in [-0.05, 0) is 19.3 Å². The summed E-state index contributed by atoms with van der Waals surface area (Å²) < 4.78 is 10.6. The second-order valence-corrected chi connectivity index (χ2v) is 6.33. The van der Waals surface area contributed by atoms with Crippen molar-refractivity contribution in [3.8, 4) is 0 Å². The average molecular weight is 293 g/mol. The summed E-state index contributed by atoms with van der Waals surface area (Å²) in [6, 6.07) is 0. The molecule has 3 rings (SSSR count). The minimum absolute atomic E-state index is 0.0419. The van der Waals surface area contributed by atoms with Gasteiger partial charge in [-0.15, -0.1) is 0 Å². The topological polar surface area (TPSA) is 68.5 Å². The van der Waals surface area contributed by atoms with Gasteiger partial charge in [-0.25, -0.2) is 0 Å². The van der Waals surface area contributed by atoms with Gasteiger partial charge in [0.15, 0.2) is 5.82 Å². The van der Waals surface area contributed by atoms with Crippen LogP contribution in [0, 0.1) is 5.92 Å². The lowest BCUT2D eigenvalue weighted by Gasteiger charge is -2.32. The standard InChI is InChI=1S/C15H23N3O3/c1-10(2)14-16-13(17-21-14)11-4-3-6-18(8-11)15(19)12-5-7-20-9-12/h10-12H,3-9H2,1-2H3/t11-,12+/m0/s1. The van der Waals surface area contributed by atoms with Crippen molar-refractivity contribution < 1.29 is 14.1 Å². The predicted molar refractivity (Wildman–Crippen MR) is 75.9 cm³/mol. The molecule has 0 bridgehead atoms. The lowest BCUT2D eigenvalue weighted by Crippen LogP contribution is -2.42. The molecule has 2 saturated heterocycles. The van der Waals surface area contributed by atoms with E-state index in [2.05, 4.69) is 10.1 Å². The zero-order valence-electron chi connectivity index (χ0n) is 12.7. The third kappa shape index (κ3) is 3.10. The Morgan fingerprint density at radius 3 is 2.90 bits per heavy atom. The largest absolute Gasteiger partial charge is 0.381 e. The van der Waals surface area contributed by atoms with Crippen LogP contribution in [0.25, 0.3) is 0 Å². The zero-order valence-corrected chi connectivity index (χ0v) is 12.7. The highest BCUT2D eigenvalue weighted by molar-refractivity contribution is 5.79. The average Bonchev–Trinajstić information content (AvgIpc) is 3.18. The van der Waals surface area contributed by atoms with Crippen molar-refractivity contribution >= 4 is 5.91 Å². The van der Waals surface area contributed by atoms with Crippen molar-refractivity contribution in [2.75, 3.05) is 26.3 Å². The molecule has 0 spiro atoms. The van der Waals surface area contributed by atoms with Gasteiger partial charge in [0.05, 0.1) is 12.5 Å². The van der Waals surface area contributed by atoms with Gasteiger partial charge in [-0.1, -0.05) is 19.0 Å². The minimum atomic E-state index is 0.0419. The second kappa shape index (κ2) is 6.13. The quantitative estimate of drug-likeness (QED) is 0.852. The smallest absolute Gasteiger partial charge is 0.229 e. The molecular weight excluding hydrogens is 270 g/mol. The normalized spacial score (nSPS) is 26.5. The van der Waals surface area contributed by atoms with E-state index in [0.717, 1.165) is 31.6 Å². The van der Waals surface area contributed by atoms with E-state index in [4.69, 9.17) is 9.26 Å². The Balaban J connectivity index is 1.65. The van der Waals surface area contributed by atoms with E-state index in [1.54, 1.807) is 0 Å². The Hall–Kier alpha value is -1.43. The first kappa shape index (κ1) is 14.5. The number of rotatable bonds is 3. The third-order valence-corrected chi connectivity index (χ3v) is 4.33. The van der Waals surface area contributed by atoms with Crippen molar-refractivity contribution in [2.24, 2.45) is 5.92 Å². The summed E-state index contributed by atoms with van der Waals surface area (Å²) in [4.78, 5) is 18.9. The maximum Gasteiger partial charge on any atom is 0.229 e. The summed E-state index contributed by atoms with van der Waals surface area (Å²) in [6.07, 6.45) is 2.86. The molecule has 2 fully saturated rings. The van der Waals surface area contributed by atoms with Gasteiger partial charge in [0.2, 0.25) is 11.8 Å². The van der Waals surface area contributed by atoms with Gasteiger partial charge in [0.1, 0.15) is 0 Å². The highest BCUT2D eigenvalue weighted by Crippen LogP contribution is 2.28.